The third-order valence-corrected chi connectivity index (χ3v) is 2.16. The van der Waals surface area contributed by atoms with Gasteiger partial charge in [-0.1, -0.05) is 13.0 Å². The van der Waals surface area contributed by atoms with Crippen LogP contribution in [0.4, 0.5) is 13.2 Å². The molecule has 1 heterocycles. The first-order valence-corrected chi connectivity index (χ1v) is 5.33. The summed E-state index contributed by atoms with van der Waals surface area (Å²) in [6.45, 7) is 4.04. The number of nitrogens with zero attached hydrogens (tertiary/aromatic N) is 1. The maximum atomic E-state index is 12.4. The zero-order valence-electron chi connectivity index (χ0n) is 9.71. The molecule has 6 heteroatoms. The molecule has 0 radical (unpaired) electrons. The summed E-state index contributed by atoms with van der Waals surface area (Å²) in [6, 6.07) is 3.35. The van der Waals surface area contributed by atoms with Crippen LogP contribution in [0.2, 0.25) is 0 Å². The molecule has 1 unspecified atom stereocenters. The van der Waals surface area contributed by atoms with Crippen molar-refractivity contribution in [2.75, 3.05) is 6.54 Å². The van der Waals surface area contributed by atoms with Crippen LogP contribution in [0, 0.1) is 0 Å². The van der Waals surface area contributed by atoms with Gasteiger partial charge in [0.2, 0.25) is 5.88 Å². The highest BCUT2D eigenvalue weighted by Gasteiger charge is 2.38. The molecule has 0 saturated heterocycles. The van der Waals surface area contributed by atoms with Crippen molar-refractivity contribution in [1.29, 1.82) is 0 Å². The van der Waals surface area contributed by atoms with Gasteiger partial charge >= 0.3 is 6.18 Å². The fraction of sp³-hybridized carbons (Fsp3) is 0.545. The van der Waals surface area contributed by atoms with Crippen molar-refractivity contribution >= 4 is 0 Å². The Bertz CT molecular complexity index is 355. The van der Waals surface area contributed by atoms with Crippen LogP contribution in [0.15, 0.2) is 18.3 Å². The zero-order valence-corrected chi connectivity index (χ0v) is 9.71. The highest BCUT2D eigenvalue weighted by molar-refractivity contribution is 5.25. The predicted molar refractivity (Wildman–Crippen MR) is 57.8 cm³/mol. The van der Waals surface area contributed by atoms with Crippen LogP contribution < -0.4 is 10.1 Å². The third kappa shape index (κ3) is 4.22. The van der Waals surface area contributed by atoms with Crippen LogP contribution in [0.1, 0.15) is 19.4 Å². The number of halogens is 3. The average molecular weight is 248 g/mol. The molecule has 0 saturated carbocycles. The van der Waals surface area contributed by atoms with E-state index in [0.29, 0.717) is 12.1 Å². The van der Waals surface area contributed by atoms with E-state index in [9.17, 15) is 13.2 Å². The highest BCUT2D eigenvalue weighted by Crippen LogP contribution is 2.25. The van der Waals surface area contributed by atoms with E-state index in [1.54, 1.807) is 12.1 Å². The molecule has 17 heavy (non-hydrogen) atoms. The molecule has 0 aliphatic rings. The summed E-state index contributed by atoms with van der Waals surface area (Å²) >= 11 is 0. The van der Waals surface area contributed by atoms with Gasteiger partial charge < -0.3 is 10.1 Å². The zero-order chi connectivity index (χ0) is 12.9. The summed E-state index contributed by atoms with van der Waals surface area (Å²) in [4.78, 5) is 3.82. The number of pyridine rings is 1. The van der Waals surface area contributed by atoms with Crippen molar-refractivity contribution < 1.29 is 17.9 Å². The largest absolute Gasteiger partial charge is 0.465 e. The monoisotopic (exact) mass is 248 g/mol. The summed E-state index contributed by atoms with van der Waals surface area (Å²) in [7, 11) is 0. The van der Waals surface area contributed by atoms with E-state index in [0.717, 1.165) is 13.5 Å². The molecule has 0 aliphatic carbocycles. The molecule has 0 fully saturated rings. The molecule has 0 bridgehead atoms. The van der Waals surface area contributed by atoms with E-state index in [2.05, 4.69) is 10.3 Å². The van der Waals surface area contributed by atoms with Crippen LogP contribution in [-0.4, -0.2) is 23.8 Å². The number of ether oxygens (including phenoxy) is 1. The molecule has 1 N–H and O–H groups in total. The molecule has 0 aromatic carbocycles. The van der Waals surface area contributed by atoms with Crippen LogP contribution in [0.3, 0.4) is 0 Å². The number of alkyl halides is 3. The van der Waals surface area contributed by atoms with Gasteiger partial charge in [0.1, 0.15) is 0 Å². The minimum absolute atomic E-state index is 0.0262. The molecule has 96 valence electrons. The standard InChI is InChI=1S/C11H15F3N2O/c1-3-15-7-9-5-4-6-16-10(9)17-8(2)11(12,13)14/h4-6,8,15H,3,7H2,1-2H3. The molecular weight excluding hydrogens is 233 g/mol. The molecule has 3 nitrogen and oxygen atoms in total. The minimum atomic E-state index is -4.38. The Balaban J connectivity index is 2.76. The third-order valence-electron chi connectivity index (χ3n) is 2.16. The Hall–Kier alpha value is -1.30. The van der Waals surface area contributed by atoms with Crippen molar-refractivity contribution in [3.8, 4) is 5.88 Å². The lowest BCUT2D eigenvalue weighted by Crippen LogP contribution is -2.32. The number of hydrogen-bond acceptors (Lipinski definition) is 3. The maximum Gasteiger partial charge on any atom is 0.425 e. The van der Waals surface area contributed by atoms with Crippen LogP contribution in [0.25, 0.3) is 0 Å². The van der Waals surface area contributed by atoms with E-state index in [-0.39, 0.29) is 5.88 Å². The van der Waals surface area contributed by atoms with Gasteiger partial charge in [-0.2, -0.15) is 13.2 Å². The summed E-state index contributed by atoms with van der Waals surface area (Å²) in [6.07, 6.45) is -4.83. The maximum absolute atomic E-state index is 12.4. The summed E-state index contributed by atoms with van der Waals surface area (Å²) in [5, 5.41) is 3.02. The normalized spacial score (nSPS) is 13.5. The van der Waals surface area contributed by atoms with Gasteiger partial charge in [-0.3, -0.25) is 0 Å². The molecular formula is C11H15F3N2O. The van der Waals surface area contributed by atoms with E-state index in [1.807, 2.05) is 6.92 Å². The van der Waals surface area contributed by atoms with Gasteiger partial charge in [0.15, 0.2) is 6.10 Å². The first kappa shape index (κ1) is 13.8. The minimum Gasteiger partial charge on any atom is -0.465 e. The Morgan fingerprint density at radius 1 is 1.47 bits per heavy atom. The molecule has 1 aromatic rings. The van der Waals surface area contributed by atoms with E-state index < -0.39 is 12.3 Å². The van der Waals surface area contributed by atoms with Gasteiger partial charge in [0.05, 0.1) is 0 Å². The predicted octanol–water partition coefficient (Wildman–Crippen LogP) is 2.52. The Kier molecular flexibility index (Phi) is 4.74. The van der Waals surface area contributed by atoms with Gasteiger partial charge in [-0.05, 0) is 19.5 Å². The topological polar surface area (TPSA) is 34.2 Å². The fourth-order valence-corrected chi connectivity index (χ4v) is 1.16. The van der Waals surface area contributed by atoms with Crippen molar-refractivity contribution in [3.05, 3.63) is 23.9 Å². The summed E-state index contributed by atoms with van der Waals surface area (Å²) in [5.41, 5.74) is 0.616. The quantitative estimate of drug-likeness (QED) is 0.869. The number of rotatable bonds is 5. The number of hydrogen-bond donors (Lipinski definition) is 1. The first-order valence-electron chi connectivity index (χ1n) is 5.33. The molecule has 0 aliphatic heterocycles. The smallest absolute Gasteiger partial charge is 0.425 e. The molecule has 1 aromatic heterocycles. The van der Waals surface area contributed by atoms with Crippen molar-refractivity contribution in [2.45, 2.75) is 32.7 Å². The van der Waals surface area contributed by atoms with Crippen molar-refractivity contribution in [2.24, 2.45) is 0 Å². The van der Waals surface area contributed by atoms with E-state index in [4.69, 9.17) is 4.74 Å². The Morgan fingerprint density at radius 2 is 2.18 bits per heavy atom. The summed E-state index contributed by atoms with van der Waals surface area (Å²) < 4.78 is 41.9. The molecule has 0 spiro atoms. The first-order chi connectivity index (χ1) is 7.95. The highest BCUT2D eigenvalue weighted by atomic mass is 19.4. The molecule has 1 atom stereocenters. The van der Waals surface area contributed by atoms with Gasteiger partial charge in [0.25, 0.3) is 0 Å². The Morgan fingerprint density at radius 3 is 2.76 bits per heavy atom. The number of nitrogens with one attached hydrogen (secondary N) is 1. The van der Waals surface area contributed by atoms with Crippen LogP contribution >= 0.6 is 0 Å². The lowest BCUT2D eigenvalue weighted by Gasteiger charge is -2.18. The second kappa shape index (κ2) is 5.86. The van der Waals surface area contributed by atoms with Crippen molar-refractivity contribution in [3.63, 3.8) is 0 Å². The lowest BCUT2D eigenvalue weighted by molar-refractivity contribution is -0.190. The molecule has 1 rings (SSSR count). The van der Waals surface area contributed by atoms with E-state index in [1.165, 1.54) is 6.20 Å². The second-order valence-corrected chi connectivity index (χ2v) is 3.55. The number of aromatic nitrogens is 1. The second-order valence-electron chi connectivity index (χ2n) is 3.55. The van der Waals surface area contributed by atoms with Crippen LogP contribution in [-0.2, 0) is 6.54 Å². The fourth-order valence-electron chi connectivity index (χ4n) is 1.16. The van der Waals surface area contributed by atoms with Crippen LogP contribution in [0.5, 0.6) is 5.88 Å². The summed E-state index contributed by atoms with van der Waals surface area (Å²) in [5.74, 6) is 0.0262. The SMILES string of the molecule is CCNCc1cccnc1OC(C)C(F)(F)F. The van der Waals surface area contributed by atoms with Gasteiger partial charge in [-0.25, -0.2) is 4.98 Å². The van der Waals surface area contributed by atoms with Gasteiger partial charge in [0, 0.05) is 18.3 Å². The van der Waals surface area contributed by atoms with Crippen molar-refractivity contribution in [1.82, 2.24) is 10.3 Å². The molecule has 0 amide bonds. The average Bonchev–Trinajstić information content (AvgIpc) is 2.26. The Labute approximate surface area is 98.0 Å². The van der Waals surface area contributed by atoms with Gasteiger partial charge in [-0.15, -0.1) is 0 Å². The lowest BCUT2D eigenvalue weighted by atomic mass is 10.2. The van der Waals surface area contributed by atoms with E-state index >= 15 is 0 Å².